The van der Waals surface area contributed by atoms with Crippen LogP contribution in [0.1, 0.15) is 46.6 Å². The Morgan fingerprint density at radius 1 is 1.11 bits per heavy atom. The largest absolute Gasteiger partial charge is 0.493 e. The van der Waals surface area contributed by atoms with Gasteiger partial charge < -0.3 is 20.5 Å². The quantitative estimate of drug-likeness (QED) is 0.424. The minimum absolute atomic E-state index is 0.250. The molecule has 0 bridgehead atoms. The topological polar surface area (TPSA) is 108 Å². The van der Waals surface area contributed by atoms with E-state index in [9.17, 15) is 4.79 Å². The van der Waals surface area contributed by atoms with Gasteiger partial charge in [0.15, 0.2) is 11.5 Å². The van der Waals surface area contributed by atoms with E-state index in [4.69, 9.17) is 15.2 Å². The van der Waals surface area contributed by atoms with Gasteiger partial charge >= 0.3 is 0 Å². The molecule has 2 heterocycles. The molecule has 0 saturated carbocycles. The zero-order valence-electron chi connectivity index (χ0n) is 21.6. The van der Waals surface area contributed by atoms with E-state index in [0.717, 1.165) is 55.4 Å². The van der Waals surface area contributed by atoms with Crippen LogP contribution in [0.3, 0.4) is 0 Å². The number of carbonyl (C=O) groups is 1. The smallest absolute Gasteiger partial charge is 0.248 e. The van der Waals surface area contributed by atoms with Gasteiger partial charge in [0.05, 0.1) is 26.5 Å². The van der Waals surface area contributed by atoms with Crippen LogP contribution in [0, 0.1) is 0 Å². The van der Waals surface area contributed by atoms with Gasteiger partial charge in [0.1, 0.15) is 0 Å². The predicted octanol–water partition coefficient (Wildman–Crippen LogP) is 2.56. The Hall–Kier alpha value is -3.43. The van der Waals surface area contributed by atoms with Crippen LogP contribution in [0.4, 0.5) is 0 Å². The molecule has 3 N–H and O–H groups in total. The predicted molar refractivity (Wildman–Crippen MR) is 138 cm³/mol. The van der Waals surface area contributed by atoms with Crippen molar-refractivity contribution < 1.29 is 14.3 Å². The van der Waals surface area contributed by atoms with Crippen molar-refractivity contribution in [1.82, 2.24) is 25.2 Å². The van der Waals surface area contributed by atoms with Gasteiger partial charge in [0, 0.05) is 43.5 Å². The summed E-state index contributed by atoms with van der Waals surface area (Å²) in [5.41, 5.74) is 10.3. The molecule has 9 heteroatoms. The number of carbonyl (C=O) groups excluding carboxylic acids is 1. The number of primary amides is 1. The zero-order chi connectivity index (χ0) is 25.7. The number of aromatic nitrogens is 3. The Balaban J connectivity index is 1.29. The number of rotatable bonds is 11. The van der Waals surface area contributed by atoms with E-state index in [1.165, 1.54) is 11.1 Å². The summed E-state index contributed by atoms with van der Waals surface area (Å²) >= 11 is 0. The lowest BCUT2D eigenvalue weighted by Gasteiger charge is -2.29. The lowest BCUT2D eigenvalue weighted by molar-refractivity contribution is 0.0999. The SMILES string of the molecule is COc1cc2c(cc1OC)CN(CCn1cc(CNC(C)(C)Cc3ccccc3C(N)=O)nn1)CC2. The molecular weight excluding hydrogens is 456 g/mol. The number of ether oxygens (including phenoxy) is 2. The number of methoxy groups -OCH3 is 2. The molecule has 2 aromatic carbocycles. The van der Waals surface area contributed by atoms with Crippen LogP contribution in [0.2, 0.25) is 0 Å². The van der Waals surface area contributed by atoms with Crippen LogP contribution in [0.25, 0.3) is 0 Å². The van der Waals surface area contributed by atoms with Gasteiger partial charge in [-0.15, -0.1) is 5.10 Å². The van der Waals surface area contributed by atoms with Gasteiger partial charge in [0.2, 0.25) is 5.91 Å². The van der Waals surface area contributed by atoms with Crippen LogP contribution in [-0.4, -0.2) is 58.6 Å². The van der Waals surface area contributed by atoms with Crippen molar-refractivity contribution >= 4 is 5.91 Å². The van der Waals surface area contributed by atoms with Gasteiger partial charge in [0.25, 0.3) is 0 Å². The number of nitrogens with two attached hydrogens (primary N) is 1. The van der Waals surface area contributed by atoms with Gasteiger partial charge in [-0.05, 0) is 61.6 Å². The van der Waals surface area contributed by atoms with E-state index in [2.05, 4.69) is 46.5 Å². The lowest BCUT2D eigenvalue weighted by Crippen LogP contribution is -2.41. The summed E-state index contributed by atoms with van der Waals surface area (Å²) in [7, 11) is 3.34. The fourth-order valence-electron chi connectivity index (χ4n) is 4.69. The van der Waals surface area contributed by atoms with Crippen LogP contribution in [-0.2, 0) is 32.5 Å². The number of hydrogen-bond acceptors (Lipinski definition) is 7. The Kier molecular flexibility index (Phi) is 7.91. The molecule has 3 aromatic rings. The maximum atomic E-state index is 11.7. The van der Waals surface area contributed by atoms with Crippen molar-refractivity contribution in [2.75, 3.05) is 27.3 Å². The number of hydrogen-bond donors (Lipinski definition) is 2. The Bertz CT molecular complexity index is 1210. The molecule has 9 nitrogen and oxygen atoms in total. The first-order valence-electron chi connectivity index (χ1n) is 12.3. The highest BCUT2D eigenvalue weighted by atomic mass is 16.5. The third kappa shape index (κ3) is 6.22. The number of fused-ring (bicyclic) bond motifs is 1. The molecule has 0 fully saturated rings. The van der Waals surface area contributed by atoms with Crippen molar-refractivity contribution in [2.24, 2.45) is 5.73 Å². The highest BCUT2D eigenvalue weighted by molar-refractivity contribution is 5.94. The molecule has 0 saturated heterocycles. The maximum absolute atomic E-state index is 11.7. The molecule has 0 unspecified atom stereocenters. The van der Waals surface area contributed by atoms with Crippen LogP contribution < -0.4 is 20.5 Å². The average molecular weight is 493 g/mol. The van der Waals surface area contributed by atoms with Crippen LogP contribution in [0.15, 0.2) is 42.6 Å². The summed E-state index contributed by atoms with van der Waals surface area (Å²) in [4.78, 5) is 14.2. The van der Waals surface area contributed by atoms with Crippen molar-refractivity contribution in [3.8, 4) is 11.5 Å². The minimum Gasteiger partial charge on any atom is -0.493 e. The highest BCUT2D eigenvalue weighted by Gasteiger charge is 2.22. The second kappa shape index (κ2) is 11.1. The summed E-state index contributed by atoms with van der Waals surface area (Å²) in [6, 6.07) is 11.7. The van der Waals surface area contributed by atoms with Gasteiger partial charge in [-0.3, -0.25) is 14.4 Å². The van der Waals surface area contributed by atoms with E-state index < -0.39 is 5.91 Å². The van der Waals surface area contributed by atoms with Crippen molar-refractivity contribution in [3.05, 3.63) is 70.5 Å². The van der Waals surface area contributed by atoms with Gasteiger partial charge in [-0.1, -0.05) is 23.4 Å². The molecule has 4 rings (SSSR count). The number of nitrogens with one attached hydrogen (secondary N) is 1. The summed E-state index contributed by atoms with van der Waals surface area (Å²) in [5, 5.41) is 12.2. The Morgan fingerprint density at radius 2 is 1.83 bits per heavy atom. The second-order valence-corrected chi connectivity index (χ2v) is 9.91. The molecule has 0 atom stereocenters. The molecular formula is C27H36N6O3. The molecule has 1 amide bonds. The van der Waals surface area contributed by atoms with Gasteiger partial charge in [-0.2, -0.15) is 0 Å². The molecule has 36 heavy (non-hydrogen) atoms. The summed E-state index contributed by atoms with van der Waals surface area (Å²) in [5.74, 6) is 1.15. The van der Waals surface area contributed by atoms with E-state index in [0.29, 0.717) is 18.5 Å². The Morgan fingerprint density at radius 3 is 2.56 bits per heavy atom. The minimum atomic E-state index is -0.402. The van der Waals surface area contributed by atoms with E-state index in [1.807, 2.05) is 29.1 Å². The van der Waals surface area contributed by atoms with Crippen molar-refractivity contribution in [2.45, 2.75) is 51.9 Å². The molecule has 0 spiro atoms. The fourth-order valence-corrected chi connectivity index (χ4v) is 4.69. The first-order chi connectivity index (χ1) is 17.3. The lowest BCUT2D eigenvalue weighted by atomic mass is 9.91. The van der Waals surface area contributed by atoms with Crippen molar-refractivity contribution in [3.63, 3.8) is 0 Å². The normalized spacial score (nSPS) is 13.9. The molecule has 1 aliphatic heterocycles. The number of benzene rings is 2. The summed E-state index contributed by atoms with van der Waals surface area (Å²) < 4.78 is 12.8. The highest BCUT2D eigenvalue weighted by Crippen LogP contribution is 2.33. The monoisotopic (exact) mass is 492 g/mol. The van der Waals surface area contributed by atoms with E-state index >= 15 is 0 Å². The second-order valence-electron chi connectivity index (χ2n) is 9.91. The molecule has 1 aromatic heterocycles. The number of amides is 1. The van der Waals surface area contributed by atoms with Crippen molar-refractivity contribution in [1.29, 1.82) is 0 Å². The molecule has 1 aliphatic rings. The summed E-state index contributed by atoms with van der Waals surface area (Å²) in [6.45, 7) is 8.32. The molecule has 192 valence electrons. The maximum Gasteiger partial charge on any atom is 0.248 e. The third-order valence-corrected chi connectivity index (χ3v) is 6.69. The first-order valence-corrected chi connectivity index (χ1v) is 12.3. The van der Waals surface area contributed by atoms with E-state index in [1.54, 1.807) is 20.3 Å². The Labute approximate surface area is 212 Å². The number of nitrogens with zero attached hydrogens (tertiary/aromatic N) is 4. The van der Waals surface area contributed by atoms with Crippen LogP contribution in [0.5, 0.6) is 11.5 Å². The fraction of sp³-hybridized carbons (Fsp3) is 0.444. The van der Waals surface area contributed by atoms with Crippen LogP contribution >= 0.6 is 0 Å². The molecule has 0 radical (unpaired) electrons. The zero-order valence-corrected chi connectivity index (χ0v) is 21.6. The summed E-state index contributed by atoms with van der Waals surface area (Å²) in [6.07, 6.45) is 3.65. The standard InChI is InChI=1S/C27H36N6O3/c1-27(2,15-20-7-5-6-8-23(20)26(28)34)29-16-22-18-33(31-30-22)12-11-32-10-9-19-13-24(35-3)25(36-4)14-21(19)17-32/h5-8,13-14,18,29H,9-12,15-17H2,1-4H3,(H2,28,34). The van der Waals surface area contributed by atoms with Gasteiger partial charge in [-0.25, -0.2) is 0 Å². The average Bonchev–Trinajstić information content (AvgIpc) is 3.33. The first kappa shape index (κ1) is 25.7. The van der Waals surface area contributed by atoms with E-state index in [-0.39, 0.29) is 5.54 Å². The third-order valence-electron chi connectivity index (χ3n) is 6.69. The molecule has 0 aliphatic carbocycles.